The smallest absolute Gasteiger partial charge is 0.341 e. The number of nitrogens with zero attached hydrogens (tertiary/aromatic N) is 1. The summed E-state index contributed by atoms with van der Waals surface area (Å²) in [6.07, 6.45) is 0. The number of carbonyl (C=O) groups excluding carboxylic acids is 3. The molecule has 1 aromatic heterocycles. The first-order valence-electron chi connectivity index (χ1n) is 9.80. The molecule has 0 saturated carbocycles. The van der Waals surface area contributed by atoms with Gasteiger partial charge in [0.15, 0.2) is 0 Å². The van der Waals surface area contributed by atoms with Crippen molar-refractivity contribution in [2.45, 2.75) is 32.6 Å². The number of hydrogen-bond acceptors (Lipinski definition) is 7. The summed E-state index contributed by atoms with van der Waals surface area (Å²) in [5.74, 6) is -1.84. The second kappa shape index (κ2) is 10.8. The minimum atomic E-state index is -4.23. The lowest BCUT2D eigenvalue weighted by atomic mass is 10.1. The van der Waals surface area contributed by atoms with E-state index in [0.717, 1.165) is 23.5 Å². The zero-order valence-electron chi connectivity index (χ0n) is 18.3. The van der Waals surface area contributed by atoms with Gasteiger partial charge in [0.1, 0.15) is 9.90 Å². The Balaban J connectivity index is 2.58. The van der Waals surface area contributed by atoms with Crippen molar-refractivity contribution in [1.29, 1.82) is 0 Å². The van der Waals surface area contributed by atoms with Crippen LogP contribution in [0.15, 0.2) is 17.0 Å². The number of rotatable bonds is 8. The number of amides is 2. The Morgan fingerprint density at radius 1 is 1.12 bits per heavy atom. The van der Waals surface area contributed by atoms with Gasteiger partial charge in [-0.3, -0.25) is 9.59 Å². The van der Waals surface area contributed by atoms with E-state index in [-0.39, 0.29) is 43.6 Å². The van der Waals surface area contributed by atoms with E-state index in [2.05, 4.69) is 5.32 Å². The van der Waals surface area contributed by atoms with E-state index in [1.807, 2.05) is 13.8 Å². The van der Waals surface area contributed by atoms with Crippen LogP contribution in [0.3, 0.4) is 0 Å². The van der Waals surface area contributed by atoms with Crippen LogP contribution in [0.2, 0.25) is 10.0 Å². The van der Waals surface area contributed by atoms with Crippen molar-refractivity contribution in [3.05, 3.63) is 43.7 Å². The van der Waals surface area contributed by atoms with Gasteiger partial charge in [-0.1, -0.05) is 23.2 Å². The number of esters is 1. The molecule has 0 bridgehead atoms. The number of benzene rings is 1. The van der Waals surface area contributed by atoms with Gasteiger partial charge in [0, 0.05) is 13.1 Å². The van der Waals surface area contributed by atoms with Crippen LogP contribution in [0.5, 0.6) is 0 Å². The maximum atomic E-state index is 13.0. The summed E-state index contributed by atoms with van der Waals surface area (Å²) in [5.41, 5.74) is 0.156. The number of anilines is 1. The minimum absolute atomic E-state index is 0.0301. The van der Waals surface area contributed by atoms with Crippen LogP contribution in [0.1, 0.15) is 56.7 Å². The largest absolute Gasteiger partial charge is 0.462 e. The van der Waals surface area contributed by atoms with Gasteiger partial charge < -0.3 is 15.0 Å². The molecule has 1 heterocycles. The first-order valence-corrected chi connectivity index (χ1v) is 12.9. The molecule has 2 rings (SSSR count). The molecule has 2 aromatic rings. The van der Waals surface area contributed by atoms with Crippen molar-refractivity contribution in [1.82, 2.24) is 4.90 Å². The van der Waals surface area contributed by atoms with Gasteiger partial charge in [0.2, 0.25) is 10.0 Å². The maximum absolute atomic E-state index is 13.0. The molecule has 0 spiro atoms. The highest BCUT2D eigenvalue weighted by Gasteiger charge is 2.29. The number of halogens is 2. The number of ether oxygens (including phenoxy) is 1. The summed E-state index contributed by atoms with van der Waals surface area (Å²) < 4.78 is 28.6. The zero-order valence-corrected chi connectivity index (χ0v) is 21.5. The van der Waals surface area contributed by atoms with Crippen LogP contribution in [0.4, 0.5) is 5.00 Å². The fourth-order valence-corrected chi connectivity index (χ4v) is 5.56. The third kappa shape index (κ3) is 5.85. The van der Waals surface area contributed by atoms with Crippen molar-refractivity contribution in [2.75, 3.05) is 25.0 Å². The van der Waals surface area contributed by atoms with Crippen LogP contribution in [0, 0.1) is 6.92 Å². The Hall–Kier alpha value is -2.18. The lowest BCUT2D eigenvalue weighted by molar-refractivity contribution is 0.0527. The molecule has 3 N–H and O–H groups in total. The Morgan fingerprint density at radius 2 is 1.73 bits per heavy atom. The number of nitrogens with one attached hydrogen (secondary N) is 1. The van der Waals surface area contributed by atoms with Crippen molar-refractivity contribution in [3.63, 3.8) is 0 Å². The Bertz CT molecular complexity index is 1210. The van der Waals surface area contributed by atoms with Crippen molar-refractivity contribution >= 4 is 67.3 Å². The van der Waals surface area contributed by atoms with E-state index in [4.69, 9.17) is 33.1 Å². The summed E-state index contributed by atoms with van der Waals surface area (Å²) in [7, 11) is -4.23. The molecular formula is C20H23Cl2N3O6S2. The molecule has 0 saturated heterocycles. The molecule has 0 unspecified atom stereocenters. The monoisotopic (exact) mass is 535 g/mol. The van der Waals surface area contributed by atoms with Gasteiger partial charge in [-0.05, 0) is 45.4 Å². The van der Waals surface area contributed by atoms with Crippen molar-refractivity contribution in [2.24, 2.45) is 5.14 Å². The quantitative estimate of drug-likeness (QED) is 0.491. The summed E-state index contributed by atoms with van der Waals surface area (Å²) in [4.78, 5) is 39.9. The van der Waals surface area contributed by atoms with Gasteiger partial charge >= 0.3 is 5.97 Å². The molecule has 0 aliphatic rings. The lowest BCUT2D eigenvalue weighted by Crippen LogP contribution is -2.30. The van der Waals surface area contributed by atoms with Gasteiger partial charge in [-0.15, -0.1) is 11.3 Å². The van der Waals surface area contributed by atoms with Crippen LogP contribution < -0.4 is 10.5 Å². The molecule has 0 aliphatic carbocycles. The number of nitrogens with two attached hydrogens (primary N) is 1. The summed E-state index contributed by atoms with van der Waals surface area (Å²) in [5, 5.41) is 7.38. The van der Waals surface area contributed by atoms with Gasteiger partial charge in [-0.25, -0.2) is 18.4 Å². The molecule has 2 amide bonds. The maximum Gasteiger partial charge on any atom is 0.341 e. The second-order valence-corrected chi connectivity index (χ2v) is 10.1. The molecule has 1 aromatic carbocycles. The van der Waals surface area contributed by atoms with E-state index < -0.39 is 26.8 Å². The highest BCUT2D eigenvalue weighted by molar-refractivity contribution is 7.89. The highest BCUT2D eigenvalue weighted by Crippen LogP contribution is 2.36. The van der Waals surface area contributed by atoms with Crippen LogP contribution in [-0.4, -0.2) is 50.8 Å². The zero-order chi connectivity index (χ0) is 25.1. The molecule has 0 fully saturated rings. The van der Waals surface area contributed by atoms with Crippen molar-refractivity contribution in [3.8, 4) is 0 Å². The number of primary sulfonamides is 1. The molecule has 0 atom stereocenters. The SMILES string of the molecule is CCOC(=O)c1c(NC(=O)c2cc(S(N)(=O)=O)c(Cl)cc2Cl)sc(C(=O)N(CC)CC)c1C. The van der Waals surface area contributed by atoms with Crippen LogP contribution in [-0.2, 0) is 14.8 Å². The fourth-order valence-electron chi connectivity index (χ4n) is 3.00. The topological polar surface area (TPSA) is 136 Å². The standard InChI is InChI=1S/C20H23Cl2N3O6S2/c1-5-25(6-2)19(27)16-10(4)15(20(28)31-7-3)18(32-16)24-17(26)11-8-14(33(23,29)30)13(22)9-12(11)21/h8-9H,5-7H2,1-4H3,(H,24,26)(H2,23,29,30). The summed E-state index contributed by atoms with van der Waals surface area (Å²) >= 11 is 12.9. The Labute approximate surface area is 205 Å². The normalized spacial score (nSPS) is 11.2. The van der Waals surface area contributed by atoms with Crippen molar-refractivity contribution < 1.29 is 27.5 Å². The number of thiophene rings is 1. The number of sulfonamides is 1. The molecule has 33 heavy (non-hydrogen) atoms. The molecule has 13 heteroatoms. The summed E-state index contributed by atoms with van der Waals surface area (Å²) in [6, 6.07) is 2.03. The molecule has 0 aliphatic heterocycles. The first kappa shape index (κ1) is 27.1. The third-order valence-corrected chi connectivity index (χ3v) is 7.55. The van der Waals surface area contributed by atoms with Gasteiger partial charge in [0.25, 0.3) is 11.8 Å². The number of carbonyl (C=O) groups is 3. The van der Waals surface area contributed by atoms with E-state index in [1.165, 1.54) is 0 Å². The van der Waals surface area contributed by atoms with Gasteiger partial charge in [0.05, 0.1) is 32.7 Å². The molecule has 180 valence electrons. The lowest BCUT2D eigenvalue weighted by Gasteiger charge is -2.18. The van der Waals surface area contributed by atoms with E-state index >= 15 is 0 Å². The highest BCUT2D eigenvalue weighted by atomic mass is 35.5. The predicted octanol–water partition coefficient (Wildman–Crippen LogP) is 3.92. The van der Waals surface area contributed by atoms with E-state index in [1.54, 1.807) is 18.7 Å². The van der Waals surface area contributed by atoms with Gasteiger partial charge in [-0.2, -0.15) is 0 Å². The molecule has 9 nitrogen and oxygen atoms in total. The minimum Gasteiger partial charge on any atom is -0.462 e. The van der Waals surface area contributed by atoms with E-state index in [0.29, 0.717) is 18.7 Å². The average Bonchev–Trinajstić information content (AvgIpc) is 3.03. The molecule has 0 radical (unpaired) electrons. The molecular weight excluding hydrogens is 513 g/mol. The Morgan fingerprint density at radius 3 is 2.24 bits per heavy atom. The number of hydrogen-bond donors (Lipinski definition) is 2. The average molecular weight is 536 g/mol. The first-order chi connectivity index (χ1) is 15.4. The van der Waals surface area contributed by atoms with Crippen LogP contribution in [0.25, 0.3) is 0 Å². The summed E-state index contributed by atoms with van der Waals surface area (Å²) in [6.45, 7) is 7.86. The predicted molar refractivity (Wildman–Crippen MR) is 128 cm³/mol. The fraction of sp³-hybridized carbons (Fsp3) is 0.350. The second-order valence-electron chi connectivity index (χ2n) is 6.72. The van der Waals surface area contributed by atoms with E-state index in [9.17, 15) is 22.8 Å². The van der Waals surface area contributed by atoms with Crippen LogP contribution >= 0.6 is 34.5 Å². The Kier molecular flexibility index (Phi) is 8.88. The third-order valence-electron chi connectivity index (χ3n) is 4.67.